The molecule has 0 spiro atoms. The van der Waals surface area contributed by atoms with Crippen molar-refractivity contribution in [3.05, 3.63) is 64.1 Å². The molecule has 110 valence electrons. The van der Waals surface area contributed by atoms with Crippen LogP contribution in [0.5, 0.6) is 5.75 Å². The summed E-state index contributed by atoms with van der Waals surface area (Å²) in [6.45, 7) is 0. The Labute approximate surface area is 137 Å². The molecule has 0 unspecified atom stereocenters. The number of para-hydroxylation sites is 2. The van der Waals surface area contributed by atoms with Crippen LogP contribution >= 0.6 is 15.9 Å². The predicted octanol–water partition coefficient (Wildman–Crippen LogP) is 4.00. The van der Waals surface area contributed by atoms with Gasteiger partial charge in [-0.2, -0.15) is 5.26 Å². The van der Waals surface area contributed by atoms with E-state index >= 15 is 0 Å². The van der Waals surface area contributed by atoms with Crippen LogP contribution in [0.1, 0.15) is 5.56 Å². The van der Waals surface area contributed by atoms with Gasteiger partial charge >= 0.3 is 0 Å². The van der Waals surface area contributed by atoms with Crippen molar-refractivity contribution in [2.75, 3.05) is 12.4 Å². The number of ether oxygens (including phenoxy) is 1. The zero-order valence-electron chi connectivity index (χ0n) is 11.8. The number of hydrogen-bond acceptors (Lipinski definition) is 3. The third kappa shape index (κ3) is 3.74. The van der Waals surface area contributed by atoms with Gasteiger partial charge in [-0.15, -0.1) is 0 Å². The highest BCUT2D eigenvalue weighted by Crippen LogP contribution is 2.23. The van der Waals surface area contributed by atoms with Crippen LogP contribution in [0.2, 0.25) is 0 Å². The quantitative estimate of drug-likeness (QED) is 0.665. The molecule has 0 aliphatic heterocycles. The fraction of sp³-hybridized carbons (Fsp3) is 0.0588. The van der Waals surface area contributed by atoms with E-state index in [4.69, 9.17) is 4.74 Å². The fourth-order valence-corrected chi connectivity index (χ4v) is 2.23. The van der Waals surface area contributed by atoms with Gasteiger partial charge in [0.25, 0.3) is 5.91 Å². The molecule has 1 amide bonds. The molecule has 1 N–H and O–H groups in total. The highest BCUT2D eigenvalue weighted by Gasteiger charge is 2.12. The van der Waals surface area contributed by atoms with Crippen LogP contribution in [-0.2, 0) is 4.79 Å². The molecule has 0 fully saturated rings. The Kier molecular flexibility index (Phi) is 5.34. The summed E-state index contributed by atoms with van der Waals surface area (Å²) in [5.74, 6) is 0.129. The van der Waals surface area contributed by atoms with Crippen LogP contribution in [0.4, 0.5) is 5.69 Å². The van der Waals surface area contributed by atoms with Crippen LogP contribution in [0.25, 0.3) is 6.08 Å². The molecular weight excluding hydrogens is 344 g/mol. The minimum absolute atomic E-state index is 0.000234. The van der Waals surface area contributed by atoms with Gasteiger partial charge in [0.05, 0.1) is 12.8 Å². The van der Waals surface area contributed by atoms with E-state index in [1.165, 1.54) is 6.08 Å². The standard InChI is InChI=1S/C17H13BrN2O2/c1-22-16-9-5-2-6-12(16)10-13(11-19)17(21)20-15-8-4-3-7-14(15)18/h2-10H,1H3,(H,20,21)/b13-10+. The highest BCUT2D eigenvalue weighted by molar-refractivity contribution is 9.10. The Morgan fingerprint density at radius 2 is 1.91 bits per heavy atom. The number of halogens is 1. The molecule has 0 heterocycles. The molecule has 0 radical (unpaired) electrons. The van der Waals surface area contributed by atoms with Crippen LogP contribution in [0, 0.1) is 11.3 Å². The summed E-state index contributed by atoms with van der Waals surface area (Å²) in [5, 5.41) is 11.9. The molecule has 5 heteroatoms. The molecule has 0 atom stereocenters. The monoisotopic (exact) mass is 356 g/mol. The van der Waals surface area contributed by atoms with Gasteiger partial charge in [-0.05, 0) is 40.2 Å². The molecule has 0 saturated heterocycles. The van der Waals surface area contributed by atoms with Crippen molar-refractivity contribution in [1.29, 1.82) is 5.26 Å². The van der Waals surface area contributed by atoms with Crippen LogP contribution < -0.4 is 10.1 Å². The van der Waals surface area contributed by atoms with Crippen molar-refractivity contribution in [1.82, 2.24) is 0 Å². The third-order valence-electron chi connectivity index (χ3n) is 2.93. The van der Waals surface area contributed by atoms with Crippen LogP contribution in [-0.4, -0.2) is 13.0 Å². The van der Waals surface area contributed by atoms with E-state index in [1.807, 2.05) is 30.3 Å². The first-order valence-electron chi connectivity index (χ1n) is 6.46. The number of carbonyl (C=O) groups is 1. The van der Waals surface area contributed by atoms with E-state index in [0.29, 0.717) is 17.0 Å². The maximum absolute atomic E-state index is 12.2. The first-order valence-corrected chi connectivity index (χ1v) is 7.25. The maximum Gasteiger partial charge on any atom is 0.266 e. The lowest BCUT2D eigenvalue weighted by Crippen LogP contribution is -2.13. The number of nitriles is 1. The van der Waals surface area contributed by atoms with Crippen molar-refractivity contribution in [2.45, 2.75) is 0 Å². The topological polar surface area (TPSA) is 62.1 Å². The summed E-state index contributed by atoms with van der Waals surface area (Å²) < 4.78 is 5.96. The van der Waals surface area contributed by atoms with Crippen LogP contribution in [0.15, 0.2) is 58.6 Å². The Balaban J connectivity index is 2.28. The molecule has 2 rings (SSSR count). The number of anilines is 1. The van der Waals surface area contributed by atoms with Crippen LogP contribution in [0.3, 0.4) is 0 Å². The number of hydrogen-bond donors (Lipinski definition) is 1. The first-order chi connectivity index (χ1) is 10.7. The molecule has 0 aromatic heterocycles. The van der Waals surface area contributed by atoms with E-state index in [9.17, 15) is 10.1 Å². The largest absolute Gasteiger partial charge is 0.496 e. The number of benzene rings is 2. The average Bonchev–Trinajstić information content (AvgIpc) is 2.55. The predicted molar refractivity (Wildman–Crippen MR) is 89.4 cm³/mol. The second-order valence-corrected chi connectivity index (χ2v) is 5.20. The maximum atomic E-state index is 12.2. The van der Waals surface area contributed by atoms with Gasteiger partial charge in [-0.1, -0.05) is 30.3 Å². The molecular formula is C17H13BrN2O2. The van der Waals surface area contributed by atoms with Gasteiger partial charge in [0.1, 0.15) is 17.4 Å². The third-order valence-corrected chi connectivity index (χ3v) is 3.62. The molecule has 0 bridgehead atoms. The summed E-state index contributed by atoms with van der Waals surface area (Å²) in [6, 6.07) is 16.3. The lowest BCUT2D eigenvalue weighted by atomic mass is 10.1. The number of nitrogens with zero attached hydrogens (tertiary/aromatic N) is 1. The Morgan fingerprint density at radius 3 is 2.59 bits per heavy atom. The summed E-state index contributed by atoms with van der Waals surface area (Å²) >= 11 is 3.35. The normalized spacial score (nSPS) is 10.7. The van der Waals surface area contributed by atoms with Gasteiger partial charge in [0, 0.05) is 10.0 Å². The van der Waals surface area contributed by atoms with Crippen molar-refractivity contribution >= 4 is 33.6 Å². The minimum Gasteiger partial charge on any atom is -0.496 e. The molecule has 22 heavy (non-hydrogen) atoms. The van der Waals surface area contributed by atoms with Crippen molar-refractivity contribution in [3.8, 4) is 11.8 Å². The molecule has 4 nitrogen and oxygen atoms in total. The SMILES string of the molecule is COc1ccccc1/C=C(\C#N)C(=O)Nc1ccccc1Br. The summed E-state index contributed by atoms with van der Waals surface area (Å²) in [5.41, 5.74) is 1.28. The first kappa shape index (κ1) is 15.8. The zero-order chi connectivity index (χ0) is 15.9. The van der Waals surface area contributed by atoms with Gasteiger partial charge < -0.3 is 10.1 Å². The van der Waals surface area contributed by atoms with Gasteiger partial charge in [-0.3, -0.25) is 4.79 Å². The number of nitrogens with one attached hydrogen (secondary N) is 1. The number of amides is 1. The van der Waals surface area contributed by atoms with E-state index in [1.54, 1.807) is 31.4 Å². The van der Waals surface area contributed by atoms with Gasteiger partial charge in [0.15, 0.2) is 0 Å². The Morgan fingerprint density at radius 1 is 1.23 bits per heavy atom. The lowest BCUT2D eigenvalue weighted by molar-refractivity contribution is -0.112. The number of carbonyl (C=O) groups excluding carboxylic acids is 1. The molecule has 2 aromatic carbocycles. The average molecular weight is 357 g/mol. The highest BCUT2D eigenvalue weighted by atomic mass is 79.9. The Hall–Kier alpha value is -2.58. The molecule has 2 aromatic rings. The molecule has 0 aliphatic rings. The summed E-state index contributed by atoms with van der Waals surface area (Å²) in [6.07, 6.45) is 1.50. The second kappa shape index (κ2) is 7.43. The van der Waals surface area contributed by atoms with E-state index < -0.39 is 5.91 Å². The lowest BCUT2D eigenvalue weighted by Gasteiger charge is -2.07. The van der Waals surface area contributed by atoms with E-state index in [2.05, 4.69) is 21.2 Å². The second-order valence-electron chi connectivity index (χ2n) is 4.35. The summed E-state index contributed by atoms with van der Waals surface area (Å²) in [7, 11) is 1.54. The molecule has 0 aliphatic carbocycles. The minimum atomic E-state index is -0.472. The number of methoxy groups -OCH3 is 1. The number of rotatable bonds is 4. The fourth-order valence-electron chi connectivity index (χ4n) is 1.84. The zero-order valence-corrected chi connectivity index (χ0v) is 13.4. The van der Waals surface area contributed by atoms with Gasteiger partial charge in [0.2, 0.25) is 0 Å². The van der Waals surface area contributed by atoms with E-state index in [-0.39, 0.29) is 5.57 Å². The summed E-state index contributed by atoms with van der Waals surface area (Å²) in [4.78, 5) is 12.2. The van der Waals surface area contributed by atoms with Crippen molar-refractivity contribution < 1.29 is 9.53 Å². The Bertz CT molecular complexity index is 763. The molecule has 0 saturated carbocycles. The van der Waals surface area contributed by atoms with Crippen molar-refractivity contribution in [2.24, 2.45) is 0 Å². The van der Waals surface area contributed by atoms with Crippen molar-refractivity contribution in [3.63, 3.8) is 0 Å². The van der Waals surface area contributed by atoms with Gasteiger partial charge in [-0.25, -0.2) is 0 Å². The smallest absolute Gasteiger partial charge is 0.266 e. The van der Waals surface area contributed by atoms with E-state index in [0.717, 1.165) is 4.47 Å².